The second kappa shape index (κ2) is 8.80. The Morgan fingerprint density at radius 1 is 1.08 bits per heavy atom. The summed E-state index contributed by atoms with van der Waals surface area (Å²) in [6.07, 6.45) is 3.02. The lowest BCUT2D eigenvalue weighted by molar-refractivity contribution is 0.0763. The van der Waals surface area contributed by atoms with Gasteiger partial charge in [-0.3, -0.25) is 19.6 Å². The summed E-state index contributed by atoms with van der Waals surface area (Å²) in [5.41, 5.74) is 0.527. The SMILES string of the molecule is COc1ccnc(C(=O)N[C@@H](C)CN(C)C(=O)c2cc(OC)ccn2)c1. The molecule has 0 saturated heterocycles. The first kappa shape index (κ1) is 19.2. The van der Waals surface area contributed by atoms with Crippen LogP contribution in [0.4, 0.5) is 0 Å². The maximum absolute atomic E-state index is 12.5. The van der Waals surface area contributed by atoms with E-state index in [0.29, 0.717) is 18.0 Å². The number of hydrogen-bond donors (Lipinski definition) is 1. The number of carbonyl (C=O) groups excluding carboxylic acids is 2. The summed E-state index contributed by atoms with van der Waals surface area (Å²) in [5, 5.41) is 2.81. The van der Waals surface area contributed by atoms with Crippen molar-refractivity contribution in [2.45, 2.75) is 13.0 Å². The average molecular weight is 358 g/mol. The van der Waals surface area contributed by atoms with Crippen LogP contribution < -0.4 is 14.8 Å². The molecule has 1 atom stereocenters. The van der Waals surface area contributed by atoms with Crippen LogP contribution in [0.2, 0.25) is 0 Å². The van der Waals surface area contributed by atoms with Crippen molar-refractivity contribution in [3.8, 4) is 11.5 Å². The summed E-state index contributed by atoms with van der Waals surface area (Å²) >= 11 is 0. The van der Waals surface area contributed by atoms with Crippen LogP contribution in [0.3, 0.4) is 0 Å². The zero-order valence-electron chi connectivity index (χ0n) is 15.2. The Bertz CT molecular complexity index is 781. The minimum absolute atomic E-state index is 0.250. The summed E-state index contributed by atoms with van der Waals surface area (Å²) < 4.78 is 10.2. The van der Waals surface area contributed by atoms with Crippen molar-refractivity contribution < 1.29 is 19.1 Å². The van der Waals surface area contributed by atoms with Crippen LogP contribution in [0, 0.1) is 0 Å². The number of nitrogens with zero attached hydrogens (tertiary/aromatic N) is 3. The minimum Gasteiger partial charge on any atom is -0.497 e. The fourth-order valence-electron chi connectivity index (χ4n) is 2.35. The van der Waals surface area contributed by atoms with Gasteiger partial charge in [0.05, 0.1) is 14.2 Å². The van der Waals surface area contributed by atoms with Crippen LogP contribution in [0.15, 0.2) is 36.7 Å². The van der Waals surface area contributed by atoms with E-state index in [9.17, 15) is 9.59 Å². The largest absolute Gasteiger partial charge is 0.497 e. The molecule has 2 heterocycles. The number of hydrogen-bond acceptors (Lipinski definition) is 6. The van der Waals surface area contributed by atoms with Crippen LogP contribution in [0.5, 0.6) is 11.5 Å². The quantitative estimate of drug-likeness (QED) is 0.804. The van der Waals surface area contributed by atoms with Crippen molar-refractivity contribution in [3.05, 3.63) is 48.0 Å². The first-order valence-corrected chi connectivity index (χ1v) is 8.01. The van der Waals surface area contributed by atoms with E-state index in [1.54, 1.807) is 38.2 Å². The Balaban J connectivity index is 1.96. The maximum atomic E-state index is 12.5. The van der Waals surface area contributed by atoms with Gasteiger partial charge in [0.15, 0.2) is 0 Å². The highest BCUT2D eigenvalue weighted by Crippen LogP contribution is 2.12. The molecular weight excluding hydrogens is 336 g/mol. The smallest absolute Gasteiger partial charge is 0.272 e. The van der Waals surface area contributed by atoms with Crippen LogP contribution in [0.25, 0.3) is 0 Å². The molecule has 2 rings (SSSR count). The van der Waals surface area contributed by atoms with Crippen LogP contribution in [0.1, 0.15) is 27.9 Å². The Hall–Kier alpha value is -3.16. The molecule has 0 bridgehead atoms. The second-order valence-electron chi connectivity index (χ2n) is 5.72. The summed E-state index contributed by atoms with van der Waals surface area (Å²) in [4.78, 5) is 34.3. The van der Waals surface area contributed by atoms with E-state index in [2.05, 4.69) is 15.3 Å². The lowest BCUT2D eigenvalue weighted by Gasteiger charge is -2.22. The standard InChI is InChI=1S/C18H22N4O4/c1-12(21-17(23)15-9-13(25-3)5-7-19-15)11-22(2)18(24)16-10-14(26-4)6-8-20-16/h5-10,12H,11H2,1-4H3,(H,21,23)/t12-/m0/s1. The molecule has 2 amide bonds. The molecular formula is C18H22N4O4. The Labute approximate surface area is 152 Å². The molecule has 8 heteroatoms. The van der Waals surface area contributed by atoms with E-state index in [1.807, 2.05) is 0 Å². The van der Waals surface area contributed by atoms with Crippen LogP contribution >= 0.6 is 0 Å². The first-order valence-electron chi connectivity index (χ1n) is 8.01. The van der Waals surface area contributed by atoms with Gasteiger partial charge in [-0.15, -0.1) is 0 Å². The molecule has 8 nitrogen and oxygen atoms in total. The Morgan fingerprint density at radius 3 is 2.19 bits per heavy atom. The number of nitrogens with one attached hydrogen (secondary N) is 1. The number of amides is 2. The molecule has 0 aliphatic rings. The lowest BCUT2D eigenvalue weighted by Crippen LogP contribution is -2.43. The zero-order valence-corrected chi connectivity index (χ0v) is 15.2. The van der Waals surface area contributed by atoms with E-state index < -0.39 is 0 Å². The molecule has 0 aliphatic heterocycles. The van der Waals surface area contributed by atoms with E-state index in [-0.39, 0.29) is 29.2 Å². The van der Waals surface area contributed by atoms with Gasteiger partial charge >= 0.3 is 0 Å². The number of aromatic nitrogens is 2. The molecule has 1 N–H and O–H groups in total. The van der Waals surface area contributed by atoms with Crippen LogP contribution in [-0.4, -0.2) is 60.5 Å². The van der Waals surface area contributed by atoms with Gasteiger partial charge in [-0.2, -0.15) is 0 Å². The molecule has 2 aromatic heterocycles. The highest BCUT2D eigenvalue weighted by molar-refractivity contribution is 5.93. The molecule has 138 valence electrons. The minimum atomic E-state index is -0.336. The molecule has 0 aromatic carbocycles. The fraction of sp³-hybridized carbons (Fsp3) is 0.333. The Morgan fingerprint density at radius 2 is 1.62 bits per heavy atom. The van der Waals surface area contributed by atoms with Gasteiger partial charge in [-0.05, 0) is 19.1 Å². The number of methoxy groups -OCH3 is 2. The monoisotopic (exact) mass is 358 g/mol. The molecule has 0 unspecified atom stereocenters. The molecule has 0 fully saturated rings. The lowest BCUT2D eigenvalue weighted by atomic mass is 10.2. The van der Waals surface area contributed by atoms with Crippen LogP contribution in [-0.2, 0) is 0 Å². The predicted molar refractivity (Wildman–Crippen MR) is 95.5 cm³/mol. The normalized spacial score (nSPS) is 11.4. The number of ether oxygens (including phenoxy) is 2. The zero-order chi connectivity index (χ0) is 19.1. The van der Waals surface area contributed by atoms with Gasteiger partial charge in [0.25, 0.3) is 11.8 Å². The maximum Gasteiger partial charge on any atom is 0.272 e. The summed E-state index contributed by atoms with van der Waals surface area (Å²) in [7, 11) is 4.69. The number of likely N-dealkylation sites (N-methyl/N-ethyl adjacent to an activating group) is 1. The average Bonchev–Trinajstić information content (AvgIpc) is 2.67. The summed E-state index contributed by atoms with van der Waals surface area (Å²) in [6.45, 7) is 2.12. The van der Waals surface area contributed by atoms with Crippen molar-refractivity contribution in [1.82, 2.24) is 20.2 Å². The van der Waals surface area contributed by atoms with Crippen molar-refractivity contribution in [2.75, 3.05) is 27.8 Å². The second-order valence-corrected chi connectivity index (χ2v) is 5.72. The van der Waals surface area contributed by atoms with E-state index in [1.165, 1.54) is 31.5 Å². The van der Waals surface area contributed by atoms with Gasteiger partial charge in [0, 0.05) is 44.2 Å². The fourth-order valence-corrected chi connectivity index (χ4v) is 2.35. The van der Waals surface area contributed by atoms with Gasteiger partial charge < -0.3 is 19.7 Å². The molecule has 26 heavy (non-hydrogen) atoms. The van der Waals surface area contributed by atoms with E-state index in [0.717, 1.165) is 0 Å². The number of carbonyl (C=O) groups is 2. The topological polar surface area (TPSA) is 93.7 Å². The molecule has 0 aliphatic carbocycles. The van der Waals surface area contributed by atoms with Crippen molar-refractivity contribution >= 4 is 11.8 Å². The van der Waals surface area contributed by atoms with Gasteiger partial charge in [0.2, 0.25) is 0 Å². The van der Waals surface area contributed by atoms with Gasteiger partial charge in [-0.25, -0.2) is 0 Å². The molecule has 0 saturated carbocycles. The Kier molecular flexibility index (Phi) is 6.48. The van der Waals surface area contributed by atoms with Gasteiger partial charge in [0.1, 0.15) is 22.9 Å². The number of pyridine rings is 2. The third-order valence-electron chi connectivity index (χ3n) is 3.66. The van der Waals surface area contributed by atoms with E-state index >= 15 is 0 Å². The number of rotatable bonds is 7. The molecule has 0 radical (unpaired) electrons. The van der Waals surface area contributed by atoms with Crippen molar-refractivity contribution in [1.29, 1.82) is 0 Å². The highest BCUT2D eigenvalue weighted by atomic mass is 16.5. The van der Waals surface area contributed by atoms with Crippen molar-refractivity contribution in [2.24, 2.45) is 0 Å². The van der Waals surface area contributed by atoms with E-state index in [4.69, 9.17) is 9.47 Å². The third kappa shape index (κ3) is 4.92. The third-order valence-corrected chi connectivity index (χ3v) is 3.66. The predicted octanol–water partition coefficient (Wildman–Crippen LogP) is 1.38. The van der Waals surface area contributed by atoms with Gasteiger partial charge in [-0.1, -0.05) is 0 Å². The first-order chi connectivity index (χ1) is 12.4. The summed E-state index contributed by atoms with van der Waals surface area (Å²) in [5.74, 6) is 0.512. The molecule has 0 spiro atoms. The molecule has 2 aromatic rings. The van der Waals surface area contributed by atoms with Crippen molar-refractivity contribution in [3.63, 3.8) is 0 Å². The summed E-state index contributed by atoms with van der Waals surface area (Å²) in [6, 6.07) is 6.17. The highest BCUT2D eigenvalue weighted by Gasteiger charge is 2.18.